The molecule has 0 aliphatic heterocycles. The predicted octanol–water partition coefficient (Wildman–Crippen LogP) is -6.63. The topological polar surface area (TPSA) is 256 Å². The van der Waals surface area contributed by atoms with E-state index in [0.717, 1.165) is 0 Å². The number of aliphatic hydroxyl groups is 1. The molecule has 0 saturated heterocycles. The van der Waals surface area contributed by atoms with Crippen molar-refractivity contribution in [3.05, 3.63) is 0 Å². The van der Waals surface area contributed by atoms with Crippen molar-refractivity contribution < 1.29 is 81.2 Å². The molecule has 112 valence electrons. The van der Waals surface area contributed by atoms with Crippen molar-refractivity contribution >= 4 is 15.2 Å². The fraction of sp³-hybridized carbons (Fsp3) is 1.00. The van der Waals surface area contributed by atoms with Crippen LogP contribution in [-0.4, -0.2) is 52.7 Å². The molecule has 0 aliphatic rings. The van der Waals surface area contributed by atoms with Crippen LogP contribution in [0.3, 0.4) is 0 Å². The number of rotatable bonds is 5. The van der Waals surface area contributed by atoms with Crippen molar-refractivity contribution in [3.8, 4) is 0 Å². The van der Waals surface area contributed by atoms with Crippen LogP contribution in [0.4, 0.5) is 0 Å². The summed E-state index contributed by atoms with van der Waals surface area (Å²) in [6.07, 6.45) is -2.18. The van der Waals surface area contributed by atoms with Crippen LogP contribution in [0, 0.1) is 0 Å². The van der Waals surface area contributed by atoms with Gasteiger partial charge in [0.25, 0.3) is 0 Å². The van der Waals surface area contributed by atoms with E-state index in [1.807, 2.05) is 0 Å². The van der Waals surface area contributed by atoms with Gasteiger partial charge in [0.05, 0.1) is 0 Å². The molecule has 0 heterocycles. The Kier molecular flexibility index (Phi) is 20.8. The fourth-order valence-corrected chi connectivity index (χ4v) is 3.39. The van der Waals surface area contributed by atoms with Gasteiger partial charge in [0.2, 0.25) is 0 Å². The van der Waals surface area contributed by atoms with E-state index in [9.17, 15) is 9.13 Å². The van der Waals surface area contributed by atoms with Crippen molar-refractivity contribution in [1.29, 1.82) is 0 Å². The van der Waals surface area contributed by atoms with Gasteiger partial charge in [-0.25, -0.2) is 0 Å². The average Bonchev–Trinajstić information content (AvgIpc) is 1.78. The summed E-state index contributed by atoms with van der Waals surface area (Å²) in [6.45, 7) is 0. The Morgan fingerprint density at radius 3 is 1.39 bits per heavy atom. The zero-order valence-corrected chi connectivity index (χ0v) is 13.4. The van der Waals surface area contributed by atoms with Crippen LogP contribution in [0.15, 0.2) is 0 Å². The van der Waals surface area contributed by atoms with Gasteiger partial charge in [0, 0.05) is 0 Å². The van der Waals surface area contributed by atoms with Crippen LogP contribution in [0.5, 0.6) is 0 Å². The number of hydrogen-bond donors (Lipinski definition) is 6. The first-order valence-electron chi connectivity index (χ1n) is 3.59. The minimum Gasteiger partial charge on any atom is -1.00 e. The molecule has 0 radical (unpaired) electrons. The van der Waals surface area contributed by atoms with Gasteiger partial charge in [-0.15, -0.1) is 0 Å². The molecule has 0 saturated carbocycles. The van der Waals surface area contributed by atoms with Gasteiger partial charge < -0.3 is 48.3 Å². The Labute approximate surface area is 126 Å². The molecule has 0 fully saturated rings. The second-order valence-corrected chi connectivity index (χ2v) is 6.81. The SMILES string of the molecule is NC(O)CCC(P(=O)(O)O)P(=O)(O)O.O.O.O.[H-].[Na+]. The van der Waals surface area contributed by atoms with Crippen LogP contribution in [0.1, 0.15) is 14.3 Å². The van der Waals surface area contributed by atoms with Gasteiger partial charge in [0.15, 0.2) is 5.40 Å². The Balaban J connectivity index is -0.0000000845. The van der Waals surface area contributed by atoms with Crippen molar-refractivity contribution in [3.63, 3.8) is 0 Å². The third-order valence-corrected chi connectivity index (χ3v) is 5.37. The maximum Gasteiger partial charge on any atom is 1.00 e. The summed E-state index contributed by atoms with van der Waals surface area (Å²) in [5.41, 5.74) is 4.88. The summed E-state index contributed by atoms with van der Waals surface area (Å²) in [7, 11) is -9.77. The van der Waals surface area contributed by atoms with Gasteiger partial charge in [0.1, 0.15) is 6.23 Å². The quantitative estimate of drug-likeness (QED) is 0.160. The van der Waals surface area contributed by atoms with Crippen molar-refractivity contribution in [2.45, 2.75) is 24.5 Å². The van der Waals surface area contributed by atoms with Crippen LogP contribution in [0.25, 0.3) is 0 Å². The second kappa shape index (κ2) is 11.9. The molecule has 18 heavy (non-hydrogen) atoms. The third-order valence-electron chi connectivity index (χ3n) is 1.50. The smallest absolute Gasteiger partial charge is 1.00 e. The predicted molar refractivity (Wildman–Crippen MR) is 59.3 cm³/mol. The Morgan fingerprint density at radius 1 is 0.944 bits per heavy atom. The molecule has 0 aromatic heterocycles. The fourth-order valence-electron chi connectivity index (χ4n) is 0.852. The van der Waals surface area contributed by atoms with Crippen LogP contribution < -0.4 is 35.3 Å². The number of nitrogens with two attached hydrogens (primary N) is 1. The first-order chi connectivity index (χ1) is 6.05. The van der Waals surface area contributed by atoms with Gasteiger partial charge in [-0.1, -0.05) is 0 Å². The van der Waals surface area contributed by atoms with Crippen LogP contribution in [0.2, 0.25) is 0 Å². The van der Waals surface area contributed by atoms with Crippen molar-refractivity contribution in [1.82, 2.24) is 0 Å². The second-order valence-electron chi connectivity index (χ2n) is 2.80. The molecule has 0 bridgehead atoms. The molecule has 11 nitrogen and oxygen atoms in total. The Bertz CT molecular complexity index is 259. The summed E-state index contributed by atoms with van der Waals surface area (Å²) >= 11 is 0. The normalized spacial score (nSPS) is 12.4. The zero-order chi connectivity index (χ0) is 11.6. The number of aliphatic hydroxyl groups excluding tert-OH is 1. The van der Waals surface area contributed by atoms with E-state index >= 15 is 0 Å². The summed E-state index contributed by atoms with van der Waals surface area (Å²) in [4.78, 5) is 34.5. The van der Waals surface area contributed by atoms with E-state index in [2.05, 4.69) is 0 Å². The molecule has 0 amide bonds. The molecule has 0 rings (SSSR count). The monoisotopic (exact) mass is 327 g/mol. The van der Waals surface area contributed by atoms with E-state index < -0.39 is 33.2 Å². The van der Waals surface area contributed by atoms with Crippen molar-refractivity contribution in [2.75, 3.05) is 0 Å². The van der Waals surface area contributed by atoms with Gasteiger partial charge >= 0.3 is 44.7 Å². The zero-order valence-electron chi connectivity index (χ0n) is 10.6. The molecule has 0 spiro atoms. The molecule has 0 aromatic rings. The first kappa shape index (κ1) is 31.5. The minimum atomic E-state index is -4.88. The van der Waals surface area contributed by atoms with E-state index in [-0.39, 0.29) is 53.8 Å². The molecular weight excluding hydrogens is 307 g/mol. The molecule has 0 aliphatic carbocycles. The van der Waals surface area contributed by atoms with Gasteiger partial charge in [-0.2, -0.15) is 0 Å². The first-order valence-corrected chi connectivity index (χ1v) is 6.95. The molecular formula is C4H20NNaO10P2. The minimum absolute atomic E-state index is 0. The van der Waals surface area contributed by atoms with Crippen LogP contribution >= 0.6 is 15.2 Å². The van der Waals surface area contributed by atoms with Crippen LogP contribution in [-0.2, 0) is 9.13 Å². The Hall–Kier alpha value is 1.10. The third kappa shape index (κ3) is 13.5. The Morgan fingerprint density at radius 2 is 1.22 bits per heavy atom. The van der Waals surface area contributed by atoms with E-state index in [4.69, 9.17) is 30.4 Å². The number of hydrogen-bond acceptors (Lipinski definition) is 4. The summed E-state index contributed by atoms with van der Waals surface area (Å²) < 4.78 is 21.3. The largest absolute Gasteiger partial charge is 1.00 e. The van der Waals surface area contributed by atoms with E-state index in [1.165, 1.54) is 0 Å². The molecule has 14 heteroatoms. The van der Waals surface area contributed by atoms with E-state index in [1.54, 1.807) is 0 Å². The molecule has 1 unspecified atom stereocenters. The molecule has 1 atom stereocenters. The average molecular weight is 327 g/mol. The maximum absolute atomic E-state index is 10.7. The van der Waals surface area contributed by atoms with Crippen molar-refractivity contribution in [2.24, 2.45) is 5.73 Å². The summed E-state index contributed by atoms with van der Waals surface area (Å²) in [5, 5.41) is 6.51. The molecule has 0 aromatic carbocycles. The van der Waals surface area contributed by atoms with Gasteiger partial charge in [-0.3, -0.25) is 9.13 Å². The summed E-state index contributed by atoms with van der Waals surface area (Å²) in [5.74, 6) is 0. The summed E-state index contributed by atoms with van der Waals surface area (Å²) in [6, 6.07) is 0. The maximum atomic E-state index is 10.7. The van der Waals surface area contributed by atoms with Gasteiger partial charge in [-0.05, 0) is 12.8 Å². The standard InChI is InChI=1S/C4H13NO7P2.Na.3H2O.H/c5-3(6)1-2-4(13(7,8)9)14(10,11)12;;;;;/h3-4,6H,1-2,5H2,(H2,7,8,9)(H2,10,11,12);;3*1H2;/q;+1;;;;-1. The molecule has 13 N–H and O–H groups in total. The van der Waals surface area contributed by atoms with E-state index in [0.29, 0.717) is 0 Å².